The van der Waals surface area contributed by atoms with Gasteiger partial charge in [0.15, 0.2) is 0 Å². The fourth-order valence-electron chi connectivity index (χ4n) is 3.61. The van der Waals surface area contributed by atoms with Crippen molar-refractivity contribution in [2.24, 2.45) is 0 Å². The first-order chi connectivity index (χ1) is 13.0. The molecule has 4 rings (SSSR count). The molecule has 0 bridgehead atoms. The van der Waals surface area contributed by atoms with Gasteiger partial charge in [-0.2, -0.15) is 0 Å². The average molecular weight is 372 g/mol. The zero-order valence-electron chi connectivity index (χ0n) is 14.7. The molecule has 0 N–H and O–H groups in total. The lowest BCUT2D eigenvalue weighted by Crippen LogP contribution is -2.39. The minimum Gasteiger partial charge on any atom is -0.338 e. The zero-order chi connectivity index (χ0) is 19.0. The number of likely N-dealkylation sites (tertiary alicyclic amines) is 1. The van der Waals surface area contributed by atoms with Gasteiger partial charge in [-0.15, -0.1) is 0 Å². The number of aromatic nitrogens is 3. The predicted molar refractivity (Wildman–Crippen MR) is 93.6 cm³/mol. The summed E-state index contributed by atoms with van der Waals surface area (Å²) in [5, 5.41) is 4.04. The summed E-state index contributed by atoms with van der Waals surface area (Å²) in [5.74, 6) is -0.218. The van der Waals surface area contributed by atoms with Crippen LogP contribution in [-0.4, -0.2) is 39.0 Å². The minimum absolute atomic E-state index is 0.0900. The molecule has 0 radical (unpaired) electrons. The number of pyridine rings is 2. The van der Waals surface area contributed by atoms with Gasteiger partial charge in [0.25, 0.3) is 18.0 Å². The molecule has 1 aliphatic heterocycles. The van der Waals surface area contributed by atoms with Gasteiger partial charge in [0.05, 0.1) is 11.1 Å². The number of fused-ring (bicyclic) bond motifs is 1. The topological polar surface area (TPSA) is 72.1 Å². The first-order valence-corrected chi connectivity index (χ1v) is 8.79. The van der Waals surface area contributed by atoms with Crippen LogP contribution in [0.5, 0.6) is 0 Å². The molecule has 0 saturated carbocycles. The number of hydrogen-bond donors (Lipinski definition) is 0. The van der Waals surface area contributed by atoms with Crippen molar-refractivity contribution in [1.82, 2.24) is 20.0 Å². The molecule has 0 spiro atoms. The molecule has 0 aliphatic carbocycles. The van der Waals surface area contributed by atoms with E-state index in [2.05, 4.69) is 15.1 Å². The third kappa shape index (κ3) is 3.27. The van der Waals surface area contributed by atoms with Crippen molar-refractivity contribution in [3.05, 3.63) is 53.1 Å². The highest BCUT2D eigenvalue weighted by Gasteiger charge is 2.29. The zero-order valence-corrected chi connectivity index (χ0v) is 14.7. The minimum atomic E-state index is -2.65. The van der Waals surface area contributed by atoms with Crippen LogP contribution in [0.25, 0.3) is 11.1 Å². The van der Waals surface area contributed by atoms with Gasteiger partial charge < -0.3 is 9.42 Å². The van der Waals surface area contributed by atoms with Crippen molar-refractivity contribution in [2.45, 2.75) is 32.1 Å². The molecule has 4 heterocycles. The average Bonchev–Trinajstić information content (AvgIpc) is 3.08. The Labute approximate surface area is 154 Å². The van der Waals surface area contributed by atoms with Crippen LogP contribution in [-0.2, 0) is 0 Å². The van der Waals surface area contributed by atoms with Crippen LogP contribution in [0.1, 0.15) is 52.5 Å². The molecular weight excluding hydrogens is 354 g/mol. The van der Waals surface area contributed by atoms with Crippen molar-refractivity contribution in [3.8, 4) is 0 Å². The highest BCUT2D eigenvalue weighted by atomic mass is 19.3. The number of nitrogens with zero attached hydrogens (tertiary/aromatic N) is 4. The van der Waals surface area contributed by atoms with E-state index >= 15 is 0 Å². The summed E-state index contributed by atoms with van der Waals surface area (Å²) in [5.41, 5.74) is 1.48. The Bertz CT molecular complexity index is 975. The van der Waals surface area contributed by atoms with E-state index in [0.29, 0.717) is 30.0 Å². The fraction of sp³-hybridized carbons (Fsp3) is 0.368. The summed E-state index contributed by atoms with van der Waals surface area (Å²) in [4.78, 5) is 22.8. The quantitative estimate of drug-likeness (QED) is 0.698. The lowest BCUT2D eigenvalue weighted by Gasteiger charge is -2.32. The molecule has 6 nitrogen and oxygen atoms in total. The van der Waals surface area contributed by atoms with E-state index in [1.165, 1.54) is 6.07 Å². The van der Waals surface area contributed by atoms with Crippen LogP contribution in [0, 0.1) is 6.92 Å². The Kier molecular flexibility index (Phi) is 4.55. The fourth-order valence-corrected chi connectivity index (χ4v) is 3.61. The molecule has 3 aromatic heterocycles. The summed E-state index contributed by atoms with van der Waals surface area (Å²) >= 11 is 0. The Hall–Kier alpha value is -2.90. The van der Waals surface area contributed by atoms with E-state index in [1.54, 1.807) is 36.4 Å². The Morgan fingerprint density at radius 2 is 2.11 bits per heavy atom. The van der Waals surface area contributed by atoms with E-state index in [0.717, 1.165) is 12.8 Å². The van der Waals surface area contributed by atoms with E-state index in [4.69, 9.17) is 4.52 Å². The standard InChI is InChI=1S/C19H18F2N4O2/c1-11-16-14(17(20)21)9-15(23-18(16)27-24-11)13-3-2-8-25(10-13)19(26)12-4-6-22-7-5-12/h4-7,9,13,17H,2-3,8,10H2,1H3. The van der Waals surface area contributed by atoms with Crippen LogP contribution in [0.2, 0.25) is 0 Å². The Morgan fingerprint density at radius 3 is 2.85 bits per heavy atom. The number of carbonyl (C=O) groups excluding carboxylic acids is 1. The van der Waals surface area contributed by atoms with Gasteiger partial charge in [0.2, 0.25) is 0 Å². The number of aryl methyl sites for hydroxylation is 1. The smallest absolute Gasteiger partial charge is 0.264 e. The summed E-state index contributed by atoms with van der Waals surface area (Å²) in [6.45, 7) is 2.67. The SMILES string of the molecule is Cc1noc2nc(C3CCCN(C(=O)c4ccncc4)C3)cc(C(F)F)c12. The van der Waals surface area contributed by atoms with E-state index in [1.807, 2.05) is 0 Å². The third-order valence-corrected chi connectivity index (χ3v) is 4.96. The maximum absolute atomic E-state index is 13.6. The first-order valence-electron chi connectivity index (χ1n) is 8.79. The van der Waals surface area contributed by atoms with Crippen molar-refractivity contribution in [3.63, 3.8) is 0 Å². The molecule has 140 valence electrons. The van der Waals surface area contributed by atoms with Crippen molar-refractivity contribution in [1.29, 1.82) is 0 Å². The maximum Gasteiger partial charge on any atom is 0.264 e. The number of alkyl halides is 2. The van der Waals surface area contributed by atoms with Crippen LogP contribution >= 0.6 is 0 Å². The number of hydrogen-bond acceptors (Lipinski definition) is 5. The molecule has 3 aromatic rings. The van der Waals surface area contributed by atoms with Crippen LogP contribution < -0.4 is 0 Å². The molecule has 1 amide bonds. The molecule has 1 atom stereocenters. The predicted octanol–water partition coefficient (Wildman–Crippen LogP) is 3.88. The molecular formula is C19H18F2N4O2. The van der Waals surface area contributed by atoms with Crippen molar-refractivity contribution >= 4 is 17.0 Å². The third-order valence-electron chi connectivity index (χ3n) is 4.96. The lowest BCUT2D eigenvalue weighted by atomic mass is 9.92. The molecule has 0 aromatic carbocycles. The second-order valence-corrected chi connectivity index (χ2v) is 6.71. The Balaban J connectivity index is 1.64. The first kappa shape index (κ1) is 17.5. The van der Waals surface area contributed by atoms with Gasteiger partial charge >= 0.3 is 0 Å². The van der Waals surface area contributed by atoms with Gasteiger partial charge in [-0.1, -0.05) is 5.16 Å². The normalized spacial score (nSPS) is 17.6. The van der Waals surface area contributed by atoms with Crippen LogP contribution in [0.4, 0.5) is 8.78 Å². The van der Waals surface area contributed by atoms with Gasteiger partial charge in [0, 0.05) is 48.2 Å². The van der Waals surface area contributed by atoms with E-state index < -0.39 is 6.43 Å². The largest absolute Gasteiger partial charge is 0.338 e. The second-order valence-electron chi connectivity index (χ2n) is 6.71. The molecule has 1 saturated heterocycles. The van der Waals surface area contributed by atoms with Crippen LogP contribution in [0.3, 0.4) is 0 Å². The summed E-state index contributed by atoms with van der Waals surface area (Å²) in [6, 6.07) is 4.77. The monoisotopic (exact) mass is 372 g/mol. The number of rotatable bonds is 3. The molecule has 1 fully saturated rings. The van der Waals surface area contributed by atoms with E-state index in [9.17, 15) is 13.6 Å². The summed E-state index contributed by atoms with van der Waals surface area (Å²) < 4.78 is 32.3. The Morgan fingerprint density at radius 1 is 1.33 bits per heavy atom. The molecule has 1 unspecified atom stereocenters. The number of carbonyl (C=O) groups is 1. The van der Waals surface area contributed by atoms with Crippen molar-refractivity contribution < 1.29 is 18.1 Å². The van der Waals surface area contributed by atoms with Crippen molar-refractivity contribution in [2.75, 3.05) is 13.1 Å². The second kappa shape index (κ2) is 7.02. The van der Waals surface area contributed by atoms with Gasteiger partial charge in [-0.05, 0) is 38.0 Å². The van der Waals surface area contributed by atoms with Gasteiger partial charge in [-0.25, -0.2) is 13.8 Å². The number of amides is 1. The van der Waals surface area contributed by atoms with Crippen LogP contribution in [0.15, 0.2) is 35.1 Å². The summed E-state index contributed by atoms with van der Waals surface area (Å²) in [6.07, 6.45) is 2.05. The number of halogens is 2. The maximum atomic E-state index is 13.6. The highest BCUT2D eigenvalue weighted by Crippen LogP contribution is 2.34. The van der Waals surface area contributed by atoms with Gasteiger partial charge in [-0.3, -0.25) is 9.78 Å². The molecule has 8 heteroatoms. The molecule has 27 heavy (non-hydrogen) atoms. The molecule has 1 aliphatic rings. The summed E-state index contributed by atoms with van der Waals surface area (Å²) in [7, 11) is 0. The van der Waals surface area contributed by atoms with Gasteiger partial charge in [0.1, 0.15) is 0 Å². The number of piperidine rings is 1. The highest BCUT2D eigenvalue weighted by molar-refractivity contribution is 5.94. The lowest BCUT2D eigenvalue weighted by molar-refractivity contribution is 0.0705. The van der Waals surface area contributed by atoms with E-state index in [-0.39, 0.29) is 28.5 Å².